The number of Topliss-reactive ketones (excluding diaryl/α,β-unsaturated/α-hetero) is 1. The summed E-state index contributed by atoms with van der Waals surface area (Å²) in [5.74, 6) is 0.762. The summed E-state index contributed by atoms with van der Waals surface area (Å²) in [4.78, 5) is 13.4. The minimum Gasteiger partial charge on any atom is -0.454 e. The largest absolute Gasteiger partial charge is 0.454 e. The molecule has 6 unspecified atom stereocenters. The molecule has 2 fully saturated rings. The molecule has 2 saturated carbocycles. The molecule has 3 aliphatic rings. The highest BCUT2D eigenvalue weighted by molar-refractivity contribution is 5.95. The van der Waals surface area contributed by atoms with Crippen molar-refractivity contribution in [2.75, 3.05) is 21.0 Å². The average molecular weight is 374 g/mol. The van der Waals surface area contributed by atoms with Gasteiger partial charge in [0.25, 0.3) is 0 Å². The molecule has 0 amide bonds. The number of allylic oxidation sites excluding steroid dienone is 1. The topological polar surface area (TPSA) is 74.2 Å². The SMILES string of the molecule is C=CCC12CC(OC)C(=O)C(OC)(C(c3ccc4c(c3)OCO4)C1C)C2O. The first-order valence-corrected chi connectivity index (χ1v) is 9.27. The Labute approximate surface area is 159 Å². The second kappa shape index (κ2) is 6.33. The fourth-order valence-corrected chi connectivity index (χ4v) is 5.65. The van der Waals surface area contributed by atoms with Crippen molar-refractivity contribution in [3.8, 4) is 11.5 Å². The van der Waals surface area contributed by atoms with E-state index in [1.807, 2.05) is 24.3 Å². The molecule has 6 nitrogen and oxygen atoms in total. The molecule has 0 radical (unpaired) electrons. The molecule has 146 valence electrons. The van der Waals surface area contributed by atoms with Crippen LogP contribution in [0.5, 0.6) is 11.5 Å². The van der Waals surface area contributed by atoms with Gasteiger partial charge in [-0.25, -0.2) is 0 Å². The number of hydrogen-bond acceptors (Lipinski definition) is 6. The third-order valence-electron chi connectivity index (χ3n) is 6.97. The van der Waals surface area contributed by atoms with Crippen molar-refractivity contribution < 1.29 is 28.8 Å². The fraction of sp³-hybridized carbons (Fsp3) is 0.571. The molecule has 27 heavy (non-hydrogen) atoms. The lowest BCUT2D eigenvalue weighted by atomic mass is 9.65. The molecule has 1 aliphatic heterocycles. The molecule has 4 rings (SSSR count). The van der Waals surface area contributed by atoms with Gasteiger partial charge < -0.3 is 24.1 Å². The summed E-state index contributed by atoms with van der Waals surface area (Å²) in [6.45, 7) is 6.14. The maximum atomic E-state index is 13.4. The van der Waals surface area contributed by atoms with E-state index in [2.05, 4.69) is 13.5 Å². The summed E-state index contributed by atoms with van der Waals surface area (Å²) in [5, 5.41) is 11.4. The van der Waals surface area contributed by atoms with Crippen LogP contribution < -0.4 is 9.47 Å². The highest BCUT2D eigenvalue weighted by Gasteiger charge is 2.74. The quantitative estimate of drug-likeness (QED) is 0.798. The molecular formula is C21H26O6. The number of rotatable bonds is 5. The molecule has 1 aromatic carbocycles. The minimum atomic E-state index is -1.37. The number of methoxy groups -OCH3 is 2. The first-order valence-electron chi connectivity index (χ1n) is 9.27. The second-order valence-electron chi connectivity index (χ2n) is 7.80. The van der Waals surface area contributed by atoms with E-state index in [-0.39, 0.29) is 24.4 Å². The van der Waals surface area contributed by atoms with E-state index in [1.54, 1.807) is 0 Å². The molecule has 6 heteroatoms. The lowest BCUT2D eigenvalue weighted by Gasteiger charge is -2.46. The van der Waals surface area contributed by atoms with Crippen LogP contribution in [-0.2, 0) is 14.3 Å². The van der Waals surface area contributed by atoms with E-state index >= 15 is 0 Å². The molecule has 6 atom stereocenters. The standard InChI is InChI=1S/C21H26O6/c1-5-8-20-10-16(24-3)18(22)21(25-4,19(20)23)17(12(20)2)13-6-7-14-15(9-13)27-11-26-14/h5-7,9,12,16-17,19,23H,1,8,10-11H2,2-4H3. The van der Waals surface area contributed by atoms with Crippen LogP contribution in [0.15, 0.2) is 30.9 Å². The molecule has 1 N–H and O–H groups in total. The zero-order chi connectivity index (χ0) is 19.4. The number of hydrogen-bond donors (Lipinski definition) is 1. The van der Waals surface area contributed by atoms with Gasteiger partial charge in [-0.3, -0.25) is 4.79 Å². The van der Waals surface area contributed by atoms with Crippen LogP contribution in [0, 0.1) is 11.3 Å². The van der Waals surface area contributed by atoms with Crippen molar-refractivity contribution in [1.29, 1.82) is 0 Å². The van der Waals surface area contributed by atoms with E-state index in [1.165, 1.54) is 14.2 Å². The lowest BCUT2D eigenvalue weighted by molar-refractivity contribution is -0.187. The summed E-state index contributed by atoms with van der Waals surface area (Å²) in [6.07, 6.45) is 1.27. The van der Waals surface area contributed by atoms with Gasteiger partial charge >= 0.3 is 0 Å². The number of benzene rings is 1. The Balaban J connectivity index is 1.90. The van der Waals surface area contributed by atoms with Crippen LogP contribution in [0.2, 0.25) is 0 Å². The Bertz CT molecular complexity index is 776. The van der Waals surface area contributed by atoms with E-state index in [0.29, 0.717) is 24.3 Å². The molecule has 2 aliphatic carbocycles. The first-order chi connectivity index (χ1) is 13.0. The molecule has 1 aromatic rings. The normalized spacial score (nSPS) is 39.6. The van der Waals surface area contributed by atoms with Gasteiger partial charge in [0, 0.05) is 25.6 Å². The van der Waals surface area contributed by atoms with Crippen LogP contribution in [0.4, 0.5) is 0 Å². The number of ketones is 1. The van der Waals surface area contributed by atoms with Crippen molar-refractivity contribution in [2.45, 2.75) is 43.5 Å². The zero-order valence-corrected chi connectivity index (χ0v) is 15.9. The maximum absolute atomic E-state index is 13.4. The average Bonchev–Trinajstić information content (AvgIpc) is 3.18. The number of carbonyl (C=O) groups is 1. The zero-order valence-electron chi connectivity index (χ0n) is 15.9. The van der Waals surface area contributed by atoms with Gasteiger partial charge in [-0.05, 0) is 36.5 Å². The van der Waals surface area contributed by atoms with Crippen LogP contribution in [0.1, 0.15) is 31.2 Å². The van der Waals surface area contributed by atoms with Crippen LogP contribution >= 0.6 is 0 Å². The second-order valence-corrected chi connectivity index (χ2v) is 7.80. The minimum absolute atomic E-state index is 0.0325. The Morgan fingerprint density at radius 2 is 2.07 bits per heavy atom. The van der Waals surface area contributed by atoms with E-state index in [9.17, 15) is 9.90 Å². The maximum Gasteiger partial charge on any atom is 0.231 e. The van der Waals surface area contributed by atoms with Gasteiger partial charge in [0.2, 0.25) is 6.79 Å². The fourth-order valence-electron chi connectivity index (χ4n) is 5.65. The van der Waals surface area contributed by atoms with Gasteiger partial charge in [0.15, 0.2) is 22.9 Å². The molecule has 1 heterocycles. The molecule has 2 bridgehead atoms. The molecule has 0 saturated heterocycles. The number of fused-ring (bicyclic) bond motifs is 3. The van der Waals surface area contributed by atoms with Crippen LogP contribution in [-0.4, -0.2) is 49.7 Å². The summed E-state index contributed by atoms with van der Waals surface area (Å²) in [6, 6.07) is 5.68. The van der Waals surface area contributed by atoms with E-state index in [4.69, 9.17) is 18.9 Å². The molecular weight excluding hydrogens is 348 g/mol. The number of carbonyl (C=O) groups excluding carboxylic acids is 1. The molecule has 0 aromatic heterocycles. The van der Waals surface area contributed by atoms with Gasteiger partial charge in [0.05, 0.1) is 6.10 Å². The van der Waals surface area contributed by atoms with Crippen molar-refractivity contribution in [1.82, 2.24) is 0 Å². The van der Waals surface area contributed by atoms with Gasteiger partial charge in [-0.1, -0.05) is 19.1 Å². The van der Waals surface area contributed by atoms with Crippen LogP contribution in [0.3, 0.4) is 0 Å². The summed E-state index contributed by atoms with van der Waals surface area (Å²) in [5.41, 5.74) is -1.02. The summed E-state index contributed by atoms with van der Waals surface area (Å²) >= 11 is 0. The van der Waals surface area contributed by atoms with E-state index in [0.717, 1.165) is 5.56 Å². The predicted molar refractivity (Wildman–Crippen MR) is 97.9 cm³/mol. The van der Waals surface area contributed by atoms with Crippen molar-refractivity contribution >= 4 is 5.78 Å². The van der Waals surface area contributed by atoms with Crippen molar-refractivity contribution in [2.24, 2.45) is 11.3 Å². The first kappa shape index (κ1) is 18.5. The lowest BCUT2D eigenvalue weighted by Crippen LogP contribution is -2.62. The third kappa shape index (κ3) is 2.21. The van der Waals surface area contributed by atoms with E-state index < -0.39 is 23.2 Å². The van der Waals surface area contributed by atoms with Gasteiger partial charge in [0.1, 0.15) is 6.10 Å². The van der Waals surface area contributed by atoms with Gasteiger partial charge in [-0.15, -0.1) is 6.58 Å². The highest BCUT2D eigenvalue weighted by atomic mass is 16.7. The Hall–Kier alpha value is -1.89. The number of aliphatic hydroxyl groups is 1. The Morgan fingerprint density at radius 1 is 1.33 bits per heavy atom. The van der Waals surface area contributed by atoms with Gasteiger partial charge in [-0.2, -0.15) is 0 Å². The third-order valence-corrected chi connectivity index (χ3v) is 6.97. The van der Waals surface area contributed by atoms with Crippen molar-refractivity contribution in [3.63, 3.8) is 0 Å². The Kier molecular flexibility index (Phi) is 4.33. The number of ether oxygens (including phenoxy) is 4. The summed E-state index contributed by atoms with van der Waals surface area (Å²) < 4.78 is 22.3. The Morgan fingerprint density at radius 3 is 2.74 bits per heavy atom. The predicted octanol–water partition coefficient (Wildman–Crippen LogP) is 2.45. The smallest absolute Gasteiger partial charge is 0.231 e. The highest BCUT2D eigenvalue weighted by Crippen LogP contribution is 2.65. The summed E-state index contributed by atoms with van der Waals surface area (Å²) in [7, 11) is 3.03. The number of aliphatic hydroxyl groups excluding tert-OH is 1. The van der Waals surface area contributed by atoms with Crippen LogP contribution in [0.25, 0.3) is 0 Å². The van der Waals surface area contributed by atoms with Crippen molar-refractivity contribution in [3.05, 3.63) is 36.4 Å². The molecule has 0 spiro atoms. The monoisotopic (exact) mass is 374 g/mol.